The maximum Gasteiger partial charge on any atom is 0.408 e. The minimum atomic E-state index is -0.883. The fraction of sp³-hybridized carbons (Fsp3) is 0.609. The lowest BCUT2D eigenvalue weighted by atomic mass is 10.0. The first kappa shape index (κ1) is 21.8. The van der Waals surface area contributed by atoms with Crippen molar-refractivity contribution in [1.29, 1.82) is 0 Å². The number of carboxylic acids is 1. The molecule has 1 aromatic carbocycles. The molecule has 2 saturated heterocycles. The van der Waals surface area contributed by atoms with Gasteiger partial charge in [0, 0.05) is 37.8 Å². The van der Waals surface area contributed by atoms with Gasteiger partial charge in [-0.05, 0) is 63.3 Å². The zero-order valence-corrected chi connectivity index (χ0v) is 18.3. The number of aryl methyl sites for hydroxylation is 1. The molecular formula is C23H31N3O5. The molecule has 2 aliphatic heterocycles. The van der Waals surface area contributed by atoms with Crippen molar-refractivity contribution in [2.24, 2.45) is 0 Å². The highest BCUT2D eigenvalue weighted by Crippen LogP contribution is 2.43. The zero-order valence-electron chi connectivity index (χ0n) is 18.3. The van der Waals surface area contributed by atoms with E-state index in [1.807, 2.05) is 12.1 Å². The van der Waals surface area contributed by atoms with Crippen molar-refractivity contribution in [3.05, 3.63) is 34.9 Å². The number of carbonyl (C=O) groups excluding carboxylic acids is 2. The predicted octanol–water partition coefficient (Wildman–Crippen LogP) is 2.22. The Balaban J connectivity index is 1.35. The SMILES string of the molecule is CC(C)(C)OC(=O)NC(C=O)CN1C[C@@H]2CC1CN2C1CCc2cc(C(=O)O)ccc21. The largest absolute Gasteiger partial charge is 0.478 e. The number of likely N-dealkylation sites (tertiary alicyclic amines) is 2. The van der Waals surface area contributed by atoms with Crippen LogP contribution in [0, 0.1) is 0 Å². The second-order valence-electron chi connectivity index (χ2n) is 9.86. The van der Waals surface area contributed by atoms with Gasteiger partial charge in [-0.3, -0.25) is 9.80 Å². The van der Waals surface area contributed by atoms with E-state index < -0.39 is 23.7 Å². The second kappa shape index (κ2) is 8.24. The number of fused-ring (bicyclic) bond motifs is 3. The van der Waals surface area contributed by atoms with E-state index in [0.717, 1.165) is 44.2 Å². The lowest BCUT2D eigenvalue weighted by Crippen LogP contribution is -2.52. The van der Waals surface area contributed by atoms with Crippen molar-refractivity contribution in [3.8, 4) is 0 Å². The van der Waals surface area contributed by atoms with Gasteiger partial charge in [0.2, 0.25) is 0 Å². The highest BCUT2D eigenvalue weighted by atomic mass is 16.6. The Morgan fingerprint density at radius 1 is 1.29 bits per heavy atom. The molecule has 3 unspecified atom stereocenters. The second-order valence-corrected chi connectivity index (χ2v) is 9.86. The normalized spacial score (nSPS) is 26.5. The van der Waals surface area contributed by atoms with E-state index >= 15 is 0 Å². The quantitative estimate of drug-likeness (QED) is 0.669. The van der Waals surface area contributed by atoms with Gasteiger partial charge in [0.15, 0.2) is 0 Å². The molecule has 2 bridgehead atoms. The van der Waals surface area contributed by atoms with Gasteiger partial charge < -0.3 is 20.0 Å². The first-order chi connectivity index (χ1) is 14.6. The zero-order chi connectivity index (χ0) is 22.3. The van der Waals surface area contributed by atoms with Crippen LogP contribution >= 0.6 is 0 Å². The molecule has 0 aromatic heterocycles. The Morgan fingerprint density at radius 3 is 2.68 bits per heavy atom. The van der Waals surface area contributed by atoms with Crippen LogP contribution in [0.3, 0.4) is 0 Å². The van der Waals surface area contributed by atoms with Crippen LogP contribution in [0.1, 0.15) is 61.1 Å². The summed E-state index contributed by atoms with van der Waals surface area (Å²) >= 11 is 0. The monoisotopic (exact) mass is 429 g/mol. The molecule has 2 heterocycles. The van der Waals surface area contributed by atoms with Crippen LogP contribution < -0.4 is 5.32 Å². The molecule has 1 aliphatic carbocycles. The van der Waals surface area contributed by atoms with E-state index in [1.54, 1.807) is 26.8 Å². The molecule has 2 fully saturated rings. The van der Waals surface area contributed by atoms with Crippen molar-refractivity contribution in [1.82, 2.24) is 15.1 Å². The van der Waals surface area contributed by atoms with E-state index in [9.17, 15) is 19.5 Å². The van der Waals surface area contributed by atoms with Crippen molar-refractivity contribution < 1.29 is 24.2 Å². The Labute approximate surface area is 182 Å². The van der Waals surface area contributed by atoms with Gasteiger partial charge in [-0.2, -0.15) is 0 Å². The Hall–Kier alpha value is -2.45. The number of piperazine rings is 1. The number of nitrogens with one attached hydrogen (secondary N) is 1. The van der Waals surface area contributed by atoms with Crippen molar-refractivity contribution >= 4 is 18.3 Å². The van der Waals surface area contributed by atoms with Gasteiger partial charge in [-0.15, -0.1) is 0 Å². The van der Waals surface area contributed by atoms with Gasteiger partial charge in [0.1, 0.15) is 17.9 Å². The van der Waals surface area contributed by atoms with Crippen LogP contribution in [0.15, 0.2) is 18.2 Å². The van der Waals surface area contributed by atoms with Crippen LogP contribution in [0.5, 0.6) is 0 Å². The molecule has 1 aromatic rings. The number of ether oxygens (including phenoxy) is 1. The van der Waals surface area contributed by atoms with Crippen molar-refractivity contribution in [2.75, 3.05) is 19.6 Å². The minimum absolute atomic E-state index is 0.330. The number of rotatable bonds is 6. The molecule has 4 atom stereocenters. The third kappa shape index (κ3) is 4.60. The molecule has 8 nitrogen and oxygen atoms in total. The molecule has 31 heavy (non-hydrogen) atoms. The molecule has 1 amide bonds. The summed E-state index contributed by atoms with van der Waals surface area (Å²) in [6.45, 7) is 7.65. The molecule has 4 rings (SSSR count). The molecule has 8 heteroatoms. The van der Waals surface area contributed by atoms with Crippen LogP contribution in [-0.4, -0.2) is 76.6 Å². The third-order valence-electron chi connectivity index (χ3n) is 6.53. The number of carboxylic acid groups (broad SMARTS) is 1. The average molecular weight is 430 g/mol. The highest BCUT2D eigenvalue weighted by molar-refractivity contribution is 5.88. The third-order valence-corrected chi connectivity index (χ3v) is 6.53. The standard InChI is InChI=1S/C23H31N3O5/c1-23(2,3)31-22(30)24-16(13-27)10-25-11-18-9-17(25)12-26(18)20-7-5-14-8-15(21(28)29)4-6-19(14)20/h4,6,8,13,16-18,20H,5,7,9-12H2,1-3H3,(H,24,30)(H,28,29)/t16?,17?,18-,20?/m0/s1. The number of nitrogens with zero attached hydrogens (tertiary/aromatic N) is 2. The highest BCUT2D eigenvalue weighted by Gasteiger charge is 2.47. The topological polar surface area (TPSA) is 99.2 Å². The van der Waals surface area contributed by atoms with Gasteiger partial charge in [-0.25, -0.2) is 9.59 Å². The van der Waals surface area contributed by atoms with Crippen LogP contribution in [0.4, 0.5) is 4.79 Å². The maximum atomic E-state index is 12.0. The van der Waals surface area contributed by atoms with E-state index in [1.165, 1.54) is 5.56 Å². The van der Waals surface area contributed by atoms with Gasteiger partial charge in [0.25, 0.3) is 0 Å². The lowest BCUT2D eigenvalue weighted by Gasteiger charge is -2.38. The van der Waals surface area contributed by atoms with Crippen molar-refractivity contribution in [3.63, 3.8) is 0 Å². The summed E-state index contributed by atoms with van der Waals surface area (Å²) in [7, 11) is 0. The summed E-state index contributed by atoms with van der Waals surface area (Å²) in [6, 6.07) is 6.00. The number of aromatic carboxylic acids is 1. The van der Waals surface area contributed by atoms with Crippen LogP contribution in [0.2, 0.25) is 0 Å². The summed E-state index contributed by atoms with van der Waals surface area (Å²) in [6.07, 6.45) is 3.18. The summed E-state index contributed by atoms with van der Waals surface area (Å²) in [5.41, 5.74) is 2.15. The van der Waals surface area contributed by atoms with Gasteiger partial charge in [-0.1, -0.05) is 6.07 Å². The lowest BCUT2D eigenvalue weighted by molar-refractivity contribution is -0.110. The molecule has 3 aliphatic rings. The fourth-order valence-electron chi connectivity index (χ4n) is 5.29. The summed E-state index contributed by atoms with van der Waals surface area (Å²) in [4.78, 5) is 39.6. The first-order valence-electron chi connectivity index (χ1n) is 11.0. The smallest absolute Gasteiger partial charge is 0.408 e. The van der Waals surface area contributed by atoms with E-state index in [-0.39, 0.29) is 0 Å². The number of alkyl carbamates (subject to hydrolysis) is 1. The summed E-state index contributed by atoms with van der Waals surface area (Å²) < 4.78 is 5.27. The maximum absolute atomic E-state index is 12.0. The van der Waals surface area contributed by atoms with Crippen LogP contribution in [0.25, 0.3) is 0 Å². The van der Waals surface area contributed by atoms with E-state index in [4.69, 9.17) is 4.74 Å². The molecule has 0 saturated carbocycles. The fourth-order valence-corrected chi connectivity index (χ4v) is 5.29. The molecular weight excluding hydrogens is 398 g/mol. The molecule has 2 N–H and O–H groups in total. The summed E-state index contributed by atoms with van der Waals surface area (Å²) in [5.74, 6) is -0.883. The Kier molecular flexibility index (Phi) is 5.79. The number of benzene rings is 1. The first-order valence-corrected chi connectivity index (χ1v) is 11.0. The van der Waals surface area contributed by atoms with Gasteiger partial charge >= 0.3 is 12.1 Å². The van der Waals surface area contributed by atoms with Gasteiger partial charge in [0.05, 0.1) is 5.56 Å². The molecule has 168 valence electrons. The minimum Gasteiger partial charge on any atom is -0.478 e. The Morgan fingerprint density at radius 2 is 2.06 bits per heavy atom. The van der Waals surface area contributed by atoms with Crippen LogP contribution in [-0.2, 0) is 16.0 Å². The van der Waals surface area contributed by atoms with E-state index in [2.05, 4.69) is 15.1 Å². The summed E-state index contributed by atoms with van der Waals surface area (Å²) in [5, 5.41) is 11.9. The van der Waals surface area contributed by atoms with Crippen molar-refractivity contribution in [2.45, 2.75) is 69.8 Å². The number of hydrogen-bond acceptors (Lipinski definition) is 6. The average Bonchev–Trinajstić information content (AvgIpc) is 3.38. The molecule has 0 radical (unpaired) electrons. The Bertz CT molecular complexity index is 880. The van der Waals surface area contributed by atoms with E-state index in [0.29, 0.717) is 30.2 Å². The number of hydrogen-bond donors (Lipinski definition) is 2. The number of aldehydes is 1. The number of amides is 1. The predicted molar refractivity (Wildman–Crippen MR) is 114 cm³/mol. The molecule has 0 spiro atoms. The number of carbonyl (C=O) groups is 3.